The summed E-state index contributed by atoms with van der Waals surface area (Å²) in [6.45, 7) is 3.56. The molecule has 0 aromatic heterocycles. The van der Waals surface area contributed by atoms with Crippen LogP contribution in [-0.2, 0) is 10.2 Å². The van der Waals surface area contributed by atoms with Gasteiger partial charge in [-0.2, -0.15) is 0 Å². The maximum atomic E-state index is 12.4. The maximum Gasteiger partial charge on any atom is 0.140 e. The van der Waals surface area contributed by atoms with Crippen molar-refractivity contribution in [2.75, 3.05) is 13.1 Å². The van der Waals surface area contributed by atoms with E-state index < -0.39 is 0 Å². The minimum absolute atomic E-state index is 0.185. The summed E-state index contributed by atoms with van der Waals surface area (Å²) in [6, 6.07) is 10.5. The Labute approximate surface area is 133 Å². The van der Waals surface area contributed by atoms with Gasteiger partial charge in [-0.3, -0.25) is 9.69 Å². The van der Waals surface area contributed by atoms with Crippen LogP contribution in [0.1, 0.15) is 51.0 Å². The molecule has 1 aromatic carbocycles. The van der Waals surface area contributed by atoms with Crippen molar-refractivity contribution in [3.05, 3.63) is 35.9 Å². The Kier molecular flexibility index (Phi) is 4.65. The van der Waals surface area contributed by atoms with Gasteiger partial charge in [0.15, 0.2) is 0 Å². The highest BCUT2D eigenvalue weighted by Crippen LogP contribution is 2.38. The summed E-state index contributed by atoms with van der Waals surface area (Å²) >= 11 is 0. The first-order valence-corrected chi connectivity index (χ1v) is 8.62. The van der Waals surface area contributed by atoms with Gasteiger partial charge in [-0.15, -0.1) is 0 Å². The summed E-state index contributed by atoms with van der Waals surface area (Å²) in [5.74, 6) is 0.280. The van der Waals surface area contributed by atoms with Crippen molar-refractivity contribution in [2.24, 2.45) is 0 Å². The van der Waals surface area contributed by atoms with Crippen LogP contribution in [0.5, 0.6) is 0 Å². The molecule has 3 nitrogen and oxygen atoms in total. The van der Waals surface area contributed by atoms with E-state index >= 15 is 0 Å². The van der Waals surface area contributed by atoms with Crippen molar-refractivity contribution in [3.63, 3.8) is 0 Å². The van der Waals surface area contributed by atoms with E-state index in [-0.39, 0.29) is 17.3 Å². The highest BCUT2D eigenvalue weighted by atomic mass is 16.3. The van der Waals surface area contributed by atoms with Gasteiger partial charge < -0.3 is 5.11 Å². The Morgan fingerprint density at radius 3 is 2.36 bits per heavy atom. The Morgan fingerprint density at radius 1 is 1.14 bits per heavy atom. The Bertz CT molecular complexity index is 505. The van der Waals surface area contributed by atoms with Crippen LogP contribution in [0.2, 0.25) is 0 Å². The average molecular weight is 301 g/mol. The minimum Gasteiger partial charge on any atom is -0.391 e. The summed E-state index contributed by atoms with van der Waals surface area (Å²) < 4.78 is 0. The number of aliphatic hydroxyl groups excluding tert-OH is 1. The number of carbonyl (C=O) groups is 1. The molecule has 1 saturated heterocycles. The van der Waals surface area contributed by atoms with Gasteiger partial charge in [0.1, 0.15) is 5.78 Å². The average Bonchev–Trinajstić information content (AvgIpc) is 2.56. The van der Waals surface area contributed by atoms with Gasteiger partial charge in [0.25, 0.3) is 0 Å². The van der Waals surface area contributed by atoms with Crippen LogP contribution < -0.4 is 0 Å². The first-order valence-electron chi connectivity index (χ1n) is 8.62. The zero-order chi connectivity index (χ0) is 15.6. The predicted octanol–water partition coefficient (Wildman–Crippen LogP) is 2.91. The number of nitrogens with zero attached hydrogens (tertiary/aromatic N) is 1. The van der Waals surface area contributed by atoms with E-state index in [1.807, 2.05) is 18.2 Å². The number of rotatable bonds is 3. The fraction of sp³-hybridized carbons (Fsp3) is 0.632. The molecule has 2 atom stereocenters. The van der Waals surface area contributed by atoms with Crippen molar-refractivity contribution in [3.8, 4) is 0 Å². The van der Waals surface area contributed by atoms with Gasteiger partial charge >= 0.3 is 0 Å². The largest absolute Gasteiger partial charge is 0.391 e. The highest BCUT2D eigenvalue weighted by molar-refractivity contribution is 5.88. The van der Waals surface area contributed by atoms with E-state index in [4.69, 9.17) is 0 Å². The number of ketones is 1. The van der Waals surface area contributed by atoms with Crippen molar-refractivity contribution in [1.29, 1.82) is 0 Å². The summed E-state index contributed by atoms with van der Waals surface area (Å²) in [4.78, 5) is 14.8. The summed E-state index contributed by atoms with van der Waals surface area (Å²) in [5, 5.41) is 10.3. The molecule has 0 unspecified atom stereocenters. The van der Waals surface area contributed by atoms with E-state index in [0.29, 0.717) is 6.04 Å². The number of Topliss-reactive ketones (excluding diaryl/α,β-unsaturated/α-hetero) is 1. The van der Waals surface area contributed by atoms with Crippen molar-refractivity contribution in [2.45, 2.75) is 63.0 Å². The molecule has 1 aliphatic heterocycles. The number of likely N-dealkylation sites (tertiary alicyclic amines) is 1. The van der Waals surface area contributed by atoms with E-state index in [9.17, 15) is 9.90 Å². The molecular formula is C19H27NO2. The van der Waals surface area contributed by atoms with Gasteiger partial charge in [-0.1, -0.05) is 43.2 Å². The quantitative estimate of drug-likeness (QED) is 0.933. The molecule has 3 heteroatoms. The normalized spacial score (nSPS) is 29.2. The second kappa shape index (κ2) is 6.51. The fourth-order valence-electron chi connectivity index (χ4n) is 4.36. The lowest BCUT2D eigenvalue weighted by Crippen LogP contribution is -2.53. The molecule has 2 aliphatic rings. The number of carbonyl (C=O) groups excluding carboxylic acids is 1. The molecule has 0 amide bonds. The third-order valence-electron chi connectivity index (χ3n) is 5.81. The maximum absolute atomic E-state index is 12.4. The van der Waals surface area contributed by atoms with E-state index in [1.54, 1.807) is 6.92 Å². The Hall–Kier alpha value is -1.19. The smallest absolute Gasteiger partial charge is 0.140 e. The van der Waals surface area contributed by atoms with Crippen LogP contribution >= 0.6 is 0 Å². The topological polar surface area (TPSA) is 40.5 Å². The van der Waals surface area contributed by atoms with Crippen LogP contribution in [0.15, 0.2) is 30.3 Å². The second-order valence-electron chi connectivity index (χ2n) is 6.96. The van der Waals surface area contributed by atoms with Gasteiger partial charge in [0, 0.05) is 6.04 Å². The predicted molar refractivity (Wildman–Crippen MR) is 87.9 cm³/mol. The zero-order valence-electron chi connectivity index (χ0n) is 13.5. The number of benzene rings is 1. The Morgan fingerprint density at radius 2 is 1.77 bits per heavy atom. The third-order valence-corrected chi connectivity index (χ3v) is 5.81. The Balaban J connectivity index is 1.74. The molecule has 3 rings (SSSR count). The molecule has 2 fully saturated rings. The molecule has 22 heavy (non-hydrogen) atoms. The molecule has 1 aliphatic carbocycles. The number of piperidine rings is 1. The van der Waals surface area contributed by atoms with Gasteiger partial charge in [-0.25, -0.2) is 0 Å². The molecule has 1 N–H and O–H groups in total. The third kappa shape index (κ3) is 2.84. The minimum atomic E-state index is -0.322. The van der Waals surface area contributed by atoms with Gasteiger partial charge in [-0.05, 0) is 51.3 Å². The number of aliphatic hydroxyl groups is 1. The first-order chi connectivity index (χ1) is 10.6. The molecule has 120 valence electrons. The summed E-state index contributed by atoms with van der Waals surface area (Å²) in [7, 11) is 0. The van der Waals surface area contributed by atoms with Crippen LogP contribution in [0.3, 0.4) is 0 Å². The van der Waals surface area contributed by atoms with E-state index in [2.05, 4.69) is 17.0 Å². The summed E-state index contributed by atoms with van der Waals surface area (Å²) in [5.41, 5.74) is 0.837. The molecule has 0 radical (unpaired) electrons. The van der Waals surface area contributed by atoms with Crippen LogP contribution in [0.4, 0.5) is 0 Å². The molecule has 0 spiro atoms. The van der Waals surface area contributed by atoms with Crippen LogP contribution in [-0.4, -0.2) is 41.0 Å². The van der Waals surface area contributed by atoms with Gasteiger partial charge in [0.05, 0.1) is 11.5 Å². The molecular weight excluding hydrogens is 274 g/mol. The molecule has 0 bridgehead atoms. The monoisotopic (exact) mass is 301 g/mol. The van der Waals surface area contributed by atoms with E-state index in [0.717, 1.165) is 50.8 Å². The lowest BCUT2D eigenvalue weighted by Gasteiger charge is -2.45. The standard InChI is InChI=1S/C19H27NO2/c1-15(21)19(16-7-3-2-4-8-16)11-13-20(14-12-19)17-9-5-6-10-18(17)22/h2-4,7-8,17-18,22H,5-6,9-14H2,1H3/t17-,18-/m1/s1. The first kappa shape index (κ1) is 15.7. The lowest BCUT2D eigenvalue weighted by atomic mass is 9.69. The van der Waals surface area contributed by atoms with Crippen molar-refractivity contribution >= 4 is 5.78 Å². The van der Waals surface area contributed by atoms with Crippen molar-refractivity contribution in [1.82, 2.24) is 4.90 Å². The molecule has 1 saturated carbocycles. The van der Waals surface area contributed by atoms with Crippen LogP contribution in [0.25, 0.3) is 0 Å². The number of hydrogen-bond acceptors (Lipinski definition) is 3. The fourth-order valence-corrected chi connectivity index (χ4v) is 4.36. The van der Waals surface area contributed by atoms with Crippen LogP contribution in [0, 0.1) is 0 Å². The van der Waals surface area contributed by atoms with Crippen molar-refractivity contribution < 1.29 is 9.90 Å². The number of hydrogen-bond donors (Lipinski definition) is 1. The molecule has 1 heterocycles. The second-order valence-corrected chi connectivity index (χ2v) is 6.96. The highest BCUT2D eigenvalue weighted by Gasteiger charge is 2.42. The zero-order valence-corrected chi connectivity index (χ0v) is 13.5. The summed E-state index contributed by atoms with van der Waals surface area (Å²) in [6.07, 6.45) is 5.94. The van der Waals surface area contributed by atoms with Gasteiger partial charge in [0.2, 0.25) is 0 Å². The molecule has 1 aromatic rings. The van der Waals surface area contributed by atoms with E-state index in [1.165, 1.54) is 6.42 Å². The SMILES string of the molecule is CC(=O)C1(c2ccccc2)CCN([C@@H]2CCCC[C@H]2O)CC1. The lowest BCUT2D eigenvalue weighted by molar-refractivity contribution is -0.125.